The Kier molecular flexibility index (Phi) is 2.43. The maximum Gasteiger partial charge on any atom is -0.0266 e. The van der Waals surface area contributed by atoms with Gasteiger partial charge in [-0.25, -0.2) is 0 Å². The van der Waals surface area contributed by atoms with E-state index < -0.39 is 0 Å². The molecule has 70 valence electrons. The SMILES string of the molecule is CCCCC1CC12CCCCC2. The van der Waals surface area contributed by atoms with E-state index in [4.69, 9.17) is 0 Å². The number of hydrogen-bond donors (Lipinski definition) is 0. The summed E-state index contributed by atoms with van der Waals surface area (Å²) in [7, 11) is 0. The molecule has 0 aromatic rings. The molecule has 2 aliphatic rings. The van der Waals surface area contributed by atoms with Gasteiger partial charge in [0.05, 0.1) is 0 Å². The molecule has 0 heterocycles. The lowest BCUT2D eigenvalue weighted by molar-refractivity contribution is 0.300. The Morgan fingerprint density at radius 2 is 1.92 bits per heavy atom. The van der Waals surface area contributed by atoms with Crippen LogP contribution in [0.4, 0.5) is 0 Å². The smallest absolute Gasteiger partial charge is 0.0266 e. The molecule has 2 rings (SSSR count). The van der Waals surface area contributed by atoms with Crippen molar-refractivity contribution < 1.29 is 0 Å². The second-order valence-corrected chi connectivity index (χ2v) is 4.97. The van der Waals surface area contributed by atoms with Crippen molar-refractivity contribution >= 4 is 0 Å². The van der Waals surface area contributed by atoms with Crippen LogP contribution < -0.4 is 0 Å². The first-order valence-corrected chi connectivity index (χ1v) is 5.87. The zero-order chi connectivity index (χ0) is 8.44. The van der Waals surface area contributed by atoms with Gasteiger partial charge in [-0.05, 0) is 37.0 Å². The summed E-state index contributed by atoms with van der Waals surface area (Å²) in [4.78, 5) is 0. The van der Waals surface area contributed by atoms with Crippen LogP contribution in [0.1, 0.15) is 64.7 Å². The standard InChI is InChI=1S/C12H22/c1-2-3-7-11-10-12(11)8-5-4-6-9-12/h11H,2-10H2,1H3. The minimum atomic E-state index is 0.896. The van der Waals surface area contributed by atoms with Crippen LogP contribution in [0, 0.1) is 11.3 Å². The van der Waals surface area contributed by atoms with Gasteiger partial charge in [0.1, 0.15) is 0 Å². The summed E-state index contributed by atoms with van der Waals surface area (Å²) in [5.41, 5.74) is 0.896. The van der Waals surface area contributed by atoms with E-state index in [1.807, 2.05) is 0 Å². The van der Waals surface area contributed by atoms with E-state index in [0.29, 0.717) is 0 Å². The average molecular weight is 166 g/mol. The first kappa shape index (κ1) is 8.59. The summed E-state index contributed by atoms with van der Waals surface area (Å²) < 4.78 is 0. The molecule has 2 aliphatic carbocycles. The Labute approximate surface area is 76.7 Å². The molecule has 1 unspecified atom stereocenters. The Bertz CT molecular complexity index is 140. The summed E-state index contributed by atoms with van der Waals surface area (Å²) in [6.07, 6.45) is 13.7. The lowest BCUT2D eigenvalue weighted by atomic mass is 9.83. The summed E-state index contributed by atoms with van der Waals surface area (Å²) in [5, 5.41) is 0. The third-order valence-corrected chi connectivity index (χ3v) is 4.11. The molecule has 0 nitrogen and oxygen atoms in total. The van der Waals surface area contributed by atoms with Crippen molar-refractivity contribution in [1.29, 1.82) is 0 Å². The van der Waals surface area contributed by atoms with Crippen LogP contribution >= 0.6 is 0 Å². The van der Waals surface area contributed by atoms with Gasteiger partial charge in [-0.3, -0.25) is 0 Å². The molecule has 1 atom stereocenters. The van der Waals surface area contributed by atoms with Gasteiger partial charge < -0.3 is 0 Å². The Hall–Kier alpha value is 0. The fourth-order valence-corrected chi connectivity index (χ4v) is 3.16. The minimum Gasteiger partial charge on any atom is -0.0654 e. The number of hydrogen-bond acceptors (Lipinski definition) is 0. The predicted octanol–water partition coefficient (Wildman–Crippen LogP) is 4.15. The van der Waals surface area contributed by atoms with Gasteiger partial charge in [-0.15, -0.1) is 0 Å². The molecule has 0 aromatic carbocycles. The Morgan fingerprint density at radius 1 is 1.17 bits per heavy atom. The molecule has 0 amide bonds. The molecule has 1 spiro atoms. The third kappa shape index (κ3) is 1.53. The molecule has 0 radical (unpaired) electrons. The maximum atomic E-state index is 2.32. The van der Waals surface area contributed by atoms with Gasteiger partial charge in [-0.1, -0.05) is 39.0 Å². The molecule has 0 N–H and O–H groups in total. The number of rotatable bonds is 3. The van der Waals surface area contributed by atoms with Crippen molar-refractivity contribution in [2.75, 3.05) is 0 Å². The first-order chi connectivity index (χ1) is 5.87. The van der Waals surface area contributed by atoms with Gasteiger partial charge in [0, 0.05) is 0 Å². The van der Waals surface area contributed by atoms with E-state index in [9.17, 15) is 0 Å². The van der Waals surface area contributed by atoms with E-state index in [2.05, 4.69) is 6.92 Å². The summed E-state index contributed by atoms with van der Waals surface area (Å²) in [5.74, 6) is 1.15. The van der Waals surface area contributed by atoms with E-state index in [1.165, 1.54) is 38.5 Å². The van der Waals surface area contributed by atoms with E-state index in [-0.39, 0.29) is 0 Å². The lowest BCUT2D eigenvalue weighted by Crippen LogP contribution is -2.09. The van der Waals surface area contributed by atoms with Crippen molar-refractivity contribution in [3.8, 4) is 0 Å². The zero-order valence-electron chi connectivity index (χ0n) is 8.44. The minimum absolute atomic E-state index is 0.896. The highest BCUT2D eigenvalue weighted by molar-refractivity contribution is 5.02. The summed E-state index contributed by atoms with van der Waals surface area (Å²) in [6, 6.07) is 0. The molecule has 0 heteroatoms. The molecular weight excluding hydrogens is 144 g/mol. The quantitative estimate of drug-likeness (QED) is 0.591. The second-order valence-electron chi connectivity index (χ2n) is 4.97. The molecule has 2 fully saturated rings. The predicted molar refractivity (Wildman–Crippen MR) is 53.2 cm³/mol. The van der Waals surface area contributed by atoms with Crippen LogP contribution in [0.2, 0.25) is 0 Å². The van der Waals surface area contributed by atoms with Crippen molar-refractivity contribution in [2.24, 2.45) is 11.3 Å². The van der Waals surface area contributed by atoms with Crippen molar-refractivity contribution in [3.63, 3.8) is 0 Å². The van der Waals surface area contributed by atoms with E-state index in [0.717, 1.165) is 11.3 Å². The highest BCUT2D eigenvalue weighted by Crippen LogP contribution is 2.63. The lowest BCUT2D eigenvalue weighted by Gasteiger charge is -2.22. The highest BCUT2D eigenvalue weighted by Gasteiger charge is 2.52. The Morgan fingerprint density at radius 3 is 2.58 bits per heavy atom. The molecule has 12 heavy (non-hydrogen) atoms. The largest absolute Gasteiger partial charge is 0.0654 e. The van der Waals surface area contributed by atoms with Crippen molar-refractivity contribution in [3.05, 3.63) is 0 Å². The fourth-order valence-electron chi connectivity index (χ4n) is 3.16. The van der Waals surface area contributed by atoms with Gasteiger partial charge in [0.15, 0.2) is 0 Å². The van der Waals surface area contributed by atoms with Gasteiger partial charge in [0.25, 0.3) is 0 Å². The van der Waals surface area contributed by atoms with Crippen LogP contribution in [-0.4, -0.2) is 0 Å². The monoisotopic (exact) mass is 166 g/mol. The molecule has 0 bridgehead atoms. The van der Waals surface area contributed by atoms with Crippen LogP contribution in [0.25, 0.3) is 0 Å². The normalized spacial score (nSPS) is 32.2. The van der Waals surface area contributed by atoms with Crippen molar-refractivity contribution in [2.45, 2.75) is 64.7 Å². The molecule has 0 aliphatic heterocycles. The molecular formula is C12H22. The van der Waals surface area contributed by atoms with Crippen LogP contribution in [0.5, 0.6) is 0 Å². The van der Waals surface area contributed by atoms with Gasteiger partial charge in [-0.2, -0.15) is 0 Å². The van der Waals surface area contributed by atoms with Crippen molar-refractivity contribution in [1.82, 2.24) is 0 Å². The fraction of sp³-hybridized carbons (Fsp3) is 1.00. The topological polar surface area (TPSA) is 0 Å². The van der Waals surface area contributed by atoms with E-state index >= 15 is 0 Å². The summed E-state index contributed by atoms with van der Waals surface area (Å²) >= 11 is 0. The van der Waals surface area contributed by atoms with Crippen LogP contribution in [-0.2, 0) is 0 Å². The maximum absolute atomic E-state index is 2.32. The van der Waals surface area contributed by atoms with Crippen LogP contribution in [0.3, 0.4) is 0 Å². The first-order valence-electron chi connectivity index (χ1n) is 5.87. The molecule has 0 saturated heterocycles. The summed E-state index contributed by atoms with van der Waals surface area (Å²) in [6.45, 7) is 2.32. The second kappa shape index (κ2) is 3.40. The van der Waals surface area contributed by atoms with E-state index in [1.54, 1.807) is 19.3 Å². The average Bonchev–Trinajstić information content (AvgIpc) is 2.77. The van der Waals surface area contributed by atoms with Crippen LogP contribution in [0.15, 0.2) is 0 Å². The highest BCUT2D eigenvalue weighted by atomic mass is 14.6. The third-order valence-electron chi connectivity index (χ3n) is 4.11. The molecule has 2 saturated carbocycles. The number of unbranched alkanes of at least 4 members (excludes halogenated alkanes) is 1. The van der Waals surface area contributed by atoms with Gasteiger partial charge >= 0.3 is 0 Å². The Balaban J connectivity index is 1.75. The zero-order valence-corrected chi connectivity index (χ0v) is 8.44. The molecule has 0 aromatic heterocycles. The van der Waals surface area contributed by atoms with Gasteiger partial charge in [0.2, 0.25) is 0 Å².